The van der Waals surface area contributed by atoms with Crippen LogP contribution in [0.25, 0.3) is 0 Å². The van der Waals surface area contributed by atoms with Gasteiger partial charge in [-0.3, -0.25) is 9.59 Å². The van der Waals surface area contributed by atoms with E-state index < -0.39 is 11.8 Å². The summed E-state index contributed by atoms with van der Waals surface area (Å²) in [6.07, 6.45) is -0.302. The van der Waals surface area contributed by atoms with Crippen molar-refractivity contribution >= 4 is 29.0 Å². The zero-order chi connectivity index (χ0) is 17.6. The summed E-state index contributed by atoms with van der Waals surface area (Å²) < 4.78 is 10.2. The van der Waals surface area contributed by atoms with Gasteiger partial charge in [-0.1, -0.05) is 17.3 Å². The number of anilines is 3. The number of hydrogen-bond acceptors (Lipinski definition) is 6. The minimum Gasteiger partial charge on any atom is -0.378 e. The van der Waals surface area contributed by atoms with Crippen molar-refractivity contribution in [3.8, 4) is 0 Å². The minimum absolute atomic E-state index is 0.295. The summed E-state index contributed by atoms with van der Waals surface area (Å²) in [5.74, 6) is 0.0382. The van der Waals surface area contributed by atoms with Crippen LogP contribution in [0.3, 0.4) is 0 Å². The van der Waals surface area contributed by atoms with Gasteiger partial charge in [0.1, 0.15) is 12.2 Å². The number of carbonyl (C=O) groups excluding carboxylic acids is 2. The predicted molar refractivity (Wildman–Crippen MR) is 92.6 cm³/mol. The lowest BCUT2D eigenvalue weighted by atomic mass is 10.2. The van der Waals surface area contributed by atoms with Crippen molar-refractivity contribution in [2.24, 2.45) is 0 Å². The minimum atomic E-state index is -0.449. The Kier molecular flexibility index (Phi) is 5.30. The maximum atomic E-state index is 12.2. The molecule has 2 heterocycles. The molecule has 1 aromatic heterocycles. The quantitative estimate of drug-likeness (QED) is 0.803. The van der Waals surface area contributed by atoms with Gasteiger partial charge in [0.2, 0.25) is 11.8 Å². The smallest absolute Gasteiger partial charge is 0.235 e. The molecule has 0 unspecified atom stereocenters. The van der Waals surface area contributed by atoms with Crippen LogP contribution in [0.2, 0.25) is 0 Å². The summed E-state index contributed by atoms with van der Waals surface area (Å²) in [6, 6.07) is 9.11. The van der Waals surface area contributed by atoms with Gasteiger partial charge in [0.15, 0.2) is 5.82 Å². The van der Waals surface area contributed by atoms with E-state index in [1.807, 2.05) is 24.3 Å². The van der Waals surface area contributed by atoms with Crippen molar-refractivity contribution in [3.63, 3.8) is 0 Å². The monoisotopic (exact) mass is 344 g/mol. The molecule has 1 aromatic carbocycles. The summed E-state index contributed by atoms with van der Waals surface area (Å²) in [7, 11) is 0. The Morgan fingerprint density at radius 2 is 1.88 bits per heavy atom. The Hall–Kier alpha value is -2.87. The number of amides is 2. The van der Waals surface area contributed by atoms with Crippen LogP contribution in [0.15, 0.2) is 34.9 Å². The van der Waals surface area contributed by atoms with Crippen LogP contribution in [-0.4, -0.2) is 43.3 Å². The molecule has 1 fully saturated rings. The van der Waals surface area contributed by atoms with Crippen LogP contribution in [0.4, 0.5) is 17.2 Å². The molecule has 0 spiro atoms. The maximum absolute atomic E-state index is 12.2. The second kappa shape index (κ2) is 7.80. The molecule has 132 valence electrons. The van der Waals surface area contributed by atoms with Crippen molar-refractivity contribution < 1.29 is 18.8 Å². The first-order chi connectivity index (χ1) is 12.1. The fraction of sp³-hybridized carbons (Fsp3) is 0.353. The molecule has 25 heavy (non-hydrogen) atoms. The van der Waals surface area contributed by atoms with E-state index in [4.69, 9.17) is 9.26 Å². The Balaban J connectivity index is 1.60. The van der Waals surface area contributed by atoms with E-state index in [-0.39, 0.29) is 6.42 Å². The van der Waals surface area contributed by atoms with E-state index in [0.29, 0.717) is 30.5 Å². The lowest BCUT2D eigenvalue weighted by Crippen LogP contribution is -2.36. The molecule has 0 saturated carbocycles. The summed E-state index contributed by atoms with van der Waals surface area (Å²) in [6.45, 7) is 4.55. The van der Waals surface area contributed by atoms with Crippen LogP contribution in [0.5, 0.6) is 0 Å². The van der Waals surface area contributed by atoms with Crippen molar-refractivity contribution in [3.05, 3.63) is 36.1 Å². The van der Waals surface area contributed by atoms with Gasteiger partial charge in [-0.25, -0.2) is 0 Å². The number of rotatable bonds is 5. The molecule has 8 nitrogen and oxygen atoms in total. The molecule has 1 saturated heterocycles. The highest BCUT2D eigenvalue weighted by Gasteiger charge is 2.17. The topological polar surface area (TPSA) is 96.7 Å². The molecular weight excluding hydrogens is 324 g/mol. The highest BCUT2D eigenvalue weighted by atomic mass is 16.5. The molecule has 2 N–H and O–H groups in total. The third kappa shape index (κ3) is 4.57. The van der Waals surface area contributed by atoms with Gasteiger partial charge in [-0.05, 0) is 19.1 Å². The van der Waals surface area contributed by atoms with Gasteiger partial charge in [0, 0.05) is 19.2 Å². The molecule has 8 heteroatoms. The maximum Gasteiger partial charge on any atom is 0.235 e. The average molecular weight is 344 g/mol. The average Bonchev–Trinajstić information content (AvgIpc) is 3.00. The first-order valence-corrected chi connectivity index (χ1v) is 8.06. The molecule has 0 radical (unpaired) electrons. The number of aryl methyl sites for hydroxylation is 1. The highest BCUT2D eigenvalue weighted by molar-refractivity contribution is 6.08. The van der Waals surface area contributed by atoms with Crippen LogP contribution in [-0.2, 0) is 14.3 Å². The van der Waals surface area contributed by atoms with Gasteiger partial charge in [-0.15, -0.1) is 0 Å². The Bertz CT molecular complexity index is 753. The van der Waals surface area contributed by atoms with E-state index in [9.17, 15) is 9.59 Å². The van der Waals surface area contributed by atoms with E-state index in [2.05, 4.69) is 20.7 Å². The highest BCUT2D eigenvalue weighted by Crippen LogP contribution is 2.26. The van der Waals surface area contributed by atoms with Crippen molar-refractivity contribution in [1.82, 2.24) is 5.16 Å². The number of nitrogens with zero attached hydrogens (tertiary/aromatic N) is 2. The van der Waals surface area contributed by atoms with E-state index in [0.717, 1.165) is 18.8 Å². The second-order valence-corrected chi connectivity index (χ2v) is 5.71. The Morgan fingerprint density at radius 1 is 1.16 bits per heavy atom. The third-order valence-corrected chi connectivity index (χ3v) is 3.75. The van der Waals surface area contributed by atoms with Crippen molar-refractivity contribution in [2.75, 3.05) is 41.8 Å². The Labute approximate surface area is 145 Å². The number of nitrogens with one attached hydrogen (secondary N) is 2. The molecule has 3 rings (SSSR count). The number of aromatic nitrogens is 1. The number of ether oxygens (including phenoxy) is 1. The van der Waals surface area contributed by atoms with Gasteiger partial charge in [0.05, 0.1) is 24.6 Å². The zero-order valence-electron chi connectivity index (χ0n) is 13.9. The first kappa shape index (κ1) is 17.0. The van der Waals surface area contributed by atoms with Crippen molar-refractivity contribution in [1.29, 1.82) is 0 Å². The van der Waals surface area contributed by atoms with E-state index in [1.165, 1.54) is 0 Å². The number of para-hydroxylation sites is 2. The van der Waals surface area contributed by atoms with E-state index in [1.54, 1.807) is 13.0 Å². The third-order valence-electron chi connectivity index (χ3n) is 3.75. The fourth-order valence-corrected chi connectivity index (χ4v) is 2.61. The van der Waals surface area contributed by atoms with Crippen LogP contribution in [0, 0.1) is 6.92 Å². The van der Waals surface area contributed by atoms with Crippen LogP contribution < -0.4 is 15.5 Å². The van der Waals surface area contributed by atoms with Gasteiger partial charge in [-0.2, -0.15) is 0 Å². The largest absolute Gasteiger partial charge is 0.378 e. The zero-order valence-corrected chi connectivity index (χ0v) is 13.9. The molecule has 2 aromatic rings. The number of carbonyl (C=O) groups is 2. The molecule has 1 aliphatic rings. The second-order valence-electron chi connectivity index (χ2n) is 5.71. The van der Waals surface area contributed by atoms with Gasteiger partial charge in [0.25, 0.3) is 0 Å². The SMILES string of the molecule is Cc1cc(NC(=O)CC(=O)Nc2ccccc2N2CCOCC2)no1. The molecule has 2 amide bonds. The number of benzene rings is 1. The van der Waals surface area contributed by atoms with Crippen molar-refractivity contribution in [2.45, 2.75) is 13.3 Å². The summed E-state index contributed by atoms with van der Waals surface area (Å²) in [5, 5.41) is 8.99. The van der Waals surface area contributed by atoms with E-state index >= 15 is 0 Å². The molecule has 1 aliphatic heterocycles. The lowest BCUT2D eigenvalue weighted by Gasteiger charge is -2.30. The van der Waals surface area contributed by atoms with Gasteiger partial charge < -0.3 is 24.8 Å². The normalized spacial score (nSPS) is 14.2. The lowest BCUT2D eigenvalue weighted by molar-refractivity contribution is -0.123. The van der Waals surface area contributed by atoms with Crippen LogP contribution >= 0.6 is 0 Å². The number of hydrogen-bond donors (Lipinski definition) is 2. The van der Waals surface area contributed by atoms with Gasteiger partial charge >= 0.3 is 0 Å². The summed E-state index contributed by atoms with van der Waals surface area (Å²) >= 11 is 0. The summed E-state index contributed by atoms with van der Waals surface area (Å²) in [4.78, 5) is 26.3. The van der Waals surface area contributed by atoms with Crippen LogP contribution in [0.1, 0.15) is 12.2 Å². The Morgan fingerprint density at radius 3 is 2.60 bits per heavy atom. The number of morpholine rings is 1. The first-order valence-electron chi connectivity index (χ1n) is 8.06. The molecule has 0 bridgehead atoms. The predicted octanol–water partition coefficient (Wildman–Crippen LogP) is 1.79. The molecule has 0 atom stereocenters. The summed E-state index contributed by atoms with van der Waals surface area (Å²) in [5.41, 5.74) is 1.60. The molecule has 0 aliphatic carbocycles. The fourth-order valence-electron chi connectivity index (χ4n) is 2.61. The molecular formula is C17H20N4O4. The standard InChI is InChI=1S/C17H20N4O4/c1-12-10-15(20-25-12)19-17(23)11-16(22)18-13-4-2-3-5-14(13)21-6-8-24-9-7-21/h2-5,10H,6-9,11H2,1H3,(H,18,22)(H,19,20,23).